The molecule has 6 heteroatoms. The normalized spacial score (nSPS) is 33.2. The van der Waals surface area contributed by atoms with Crippen molar-refractivity contribution in [2.24, 2.45) is 11.8 Å². The van der Waals surface area contributed by atoms with Gasteiger partial charge in [-0.3, -0.25) is 14.4 Å². The predicted octanol–water partition coefficient (Wildman–Crippen LogP) is 3.74. The summed E-state index contributed by atoms with van der Waals surface area (Å²) in [7, 11) is 1.63. The number of aliphatic hydroxyl groups excluding tert-OH is 1. The third kappa shape index (κ3) is 7.53. The number of allylic oxidation sites excluding steroid dienone is 5. The summed E-state index contributed by atoms with van der Waals surface area (Å²) in [6.45, 7) is 7.65. The smallest absolute Gasteiger partial charge is 0.251 e. The first-order valence-electron chi connectivity index (χ1n) is 11.2. The first-order chi connectivity index (χ1) is 15.1. The lowest BCUT2D eigenvalue weighted by molar-refractivity contribution is -0.120. The molecule has 0 aromatic carbocycles. The summed E-state index contributed by atoms with van der Waals surface area (Å²) in [5.41, 5.74) is 1.92. The molecule has 4 atom stereocenters. The van der Waals surface area contributed by atoms with Crippen molar-refractivity contribution in [1.29, 1.82) is 0 Å². The van der Waals surface area contributed by atoms with Crippen molar-refractivity contribution < 1.29 is 24.2 Å². The van der Waals surface area contributed by atoms with Gasteiger partial charge in [-0.25, -0.2) is 0 Å². The van der Waals surface area contributed by atoms with Crippen LogP contribution in [0.3, 0.4) is 0 Å². The maximum absolute atomic E-state index is 12.8. The second-order valence-corrected chi connectivity index (χ2v) is 8.95. The standard InChI is InChI=1S/C26H35NO5/c1-16-9-10-24(29)19(4)11-17(2)13-22(32-5)8-6-7-18(3)26(31)27-23-15-21(28)14-20(12-16)25(23)30/h6-8,11,14-16,19,22,24,29H,9-10,12-13H2,1-5H3,(H,27,31)/b8-6-,17-11+,18-7+. The molecule has 2 aliphatic rings. The van der Waals surface area contributed by atoms with E-state index in [4.69, 9.17) is 4.74 Å². The fourth-order valence-electron chi connectivity index (χ4n) is 3.90. The fraction of sp³-hybridized carbons (Fsp3) is 0.500. The Morgan fingerprint density at radius 3 is 2.47 bits per heavy atom. The van der Waals surface area contributed by atoms with Gasteiger partial charge in [-0.2, -0.15) is 0 Å². The largest absolute Gasteiger partial charge is 0.393 e. The Balaban J connectivity index is 2.32. The zero-order valence-corrected chi connectivity index (χ0v) is 19.7. The highest BCUT2D eigenvalue weighted by Crippen LogP contribution is 2.25. The van der Waals surface area contributed by atoms with Crippen LogP contribution in [0.2, 0.25) is 0 Å². The summed E-state index contributed by atoms with van der Waals surface area (Å²) in [6, 6.07) is 0. The second kappa shape index (κ2) is 11.9. The van der Waals surface area contributed by atoms with Crippen molar-refractivity contribution in [1.82, 2.24) is 5.32 Å². The van der Waals surface area contributed by atoms with E-state index in [1.54, 1.807) is 26.2 Å². The van der Waals surface area contributed by atoms with E-state index in [1.807, 2.05) is 26.8 Å². The number of carbonyl (C=O) groups excluding carboxylic acids is 3. The van der Waals surface area contributed by atoms with E-state index >= 15 is 0 Å². The number of nitrogens with one attached hydrogen (secondary N) is 1. The van der Waals surface area contributed by atoms with Crippen molar-refractivity contribution in [3.63, 3.8) is 0 Å². The van der Waals surface area contributed by atoms with Crippen LogP contribution in [0, 0.1) is 11.8 Å². The highest BCUT2D eigenvalue weighted by molar-refractivity contribution is 6.21. The Morgan fingerprint density at radius 1 is 1.06 bits per heavy atom. The van der Waals surface area contributed by atoms with Gasteiger partial charge in [0.15, 0.2) is 5.78 Å². The van der Waals surface area contributed by atoms with E-state index in [9.17, 15) is 19.5 Å². The van der Waals surface area contributed by atoms with Crippen LogP contribution >= 0.6 is 0 Å². The molecule has 0 fully saturated rings. The molecule has 174 valence electrons. The average molecular weight is 442 g/mol. The van der Waals surface area contributed by atoms with Gasteiger partial charge in [-0.05, 0) is 51.5 Å². The fourth-order valence-corrected chi connectivity index (χ4v) is 3.90. The van der Waals surface area contributed by atoms with Crippen LogP contribution in [0.4, 0.5) is 0 Å². The van der Waals surface area contributed by atoms with Gasteiger partial charge < -0.3 is 15.2 Å². The van der Waals surface area contributed by atoms with Crippen LogP contribution in [0.1, 0.15) is 53.4 Å². The minimum atomic E-state index is -0.496. The first-order valence-corrected chi connectivity index (χ1v) is 11.2. The Labute approximate surface area is 190 Å². The Bertz CT molecular complexity index is 890. The second-order valence-electron chi connectivity index (χ2n) is 8.95. The zero-order chi connectivity index (χ0) is 23.8. The number of Topliss-reactive ketones (excluding diaryl/α,β-unsaturated/α-hetero) is 1. The molecule has 1 aliphatic heterocycles. The minimum absolute atomic E-state index is 0.00240. The number of hydrogen-bond donors (Lipinski definition) is 2. The molecule has 0 aromatic rings. The molecule has 4 unspecified atom stereocenters. The lowest BCUT2D eigenvalue weighted by Crippen LogP contribution is -2.31. The van der Waals surface area contributed by atoms with Gasteiger partial charge in [-0.1, -0.05) is 43.7 Å². The summed E-state index contributed by atoms with van der Waals surface area (Å²) in [5.74, 6) is -0.993. The number of rotatable bonds is 1. The van der Waals surface area contributed by atoms with Gasteiger partial charge >= 0.3 is 0 Å². The molecular formula is C26H35NO5. The maximum atomic E-state index is 12.8. The molecule has 0 radical (unpaired) electrons. The van der Waals surface area contributed by atoms with E-state index < -0.39 is 12.0 Å². The number of methoxy groups -OCH3 is 1. The van der Waals surface area contributed by atoms with Crippen molar-refractivity contribution in [3.05, 3.63) is 58.9 Å². The molecule has 1 heterocycles. The number of aliphatic hydroxyl groups is 1. The van der Waals surface area contributed by atoms with E-state index in [-0.39, 0.29) is 35.2 Å². The van der Waals surface area contributed by atoms with Gasteiger partial charge in [0, 0.05) is 30.2 Å². The van der Waals surface area contributed by atoms with Crippen LogP contribution in [0.5, 0.6) is 0 Å². The van der Waals surface area contributed by atoms with Crippen LogP contribution in [0.25, 0.3) is 0 Å². The molecule has 0 spiro atoms. The SMILES string of the molecule is COC1/C=C\C=C(/C)C(=O)NC2=CC(=O)C=C(CC(C)CCC(O)C(C)/C=C(\C)C1)C2=O. The number of carbonyl (C=O) groups is 3. The third-order valence-electron chi connectivity index (χ3n) is 5.92. The highest BCUT2D eigenvalue weighted by Gasteiger charge is 2.25. The average Bonchev–Trinajstić information content (AvgIpc) is 2.73. The quantitative estimate of drug-likeness (QED) is 0.478. The van der Waals surface area contributed by atoms with Crippen LogP contribution in [-0.2, 0) is 19.1 Å². The molecule has 6 nitrogen and oxygen atoms in total. The molecule has 0 saturated carbocycles. The first kappa shape index (κ1) is 25.7. The van der Waals surface area contributed by atoms with Crippen LogP contribution in [-0.4, -0.2) is 41.9 Å². The highest BCUT2D eigenvalue weighted by atomic mass is 16.5. The number of amides is 1. The summed E-state index contributed by atoms with van der Waals surface area (Å²) in [5, 5.41) is 13.2. The summed E-state index contributed by atoms with van der Waals surface area (Å²) >= 11 is 0. The van der Waals surface area contributed by atoms with Gasteiger partial charge in [0.1, 0.15) is 0 Å². The van der Waals surface area contributed by atoms with Crippen LogP contribution < -0.4 is 5.32 Å². The topological polar surface area (TPSA) is 92.7 Å². The number of hydrogen-bond acceptors (Lipinski definition) is 5. The van der Waals surface area contributed by atoms with E-state index in [0.717, 1.165) is 5.57 Å². The summed E-state index contributed by atoms with van der Waals surface area (Å²) in [4.78, 5) is 37.5. The summed E-state index contributed by atoms with van der Waals surface area (Å²) in [6.07, 6.45) is 11.6. The van der Waals surface area contributed by atoms with E-state index in [1.165, 1.54) is 12.2 Å². The number of fused-ring (bicyclic) bond motifs is 2. The van der Waals surface area contributed by atoms with Crippen molar-refractivity contribution in [2.45, 2.75) is 65.6 Å². The van der Waals surface area contributed by atoms with Gasteiger partial charge in [0.25, 0.3) is 5.91 Å². The Kier molecular flexibility index (Phi) is 9.54. The van der Waals surface area contributed by atoms with E-state index in [2.05, 4.69) is 11.4 Å². The lowest BCUT2D eigenvalue weighted by atomic mass is 9.87. The third-order valence-corrected chi connectivity index (χ3v) is 5.92. The molecule has 0 aromatic heterocycles. The molecule has 1 amide bonds. The minimum Gasteiger partial charge on any atom is -0.393 e. The Hall–Kier alpha value is -2.57. The van der Waals surface area contributed by atoms with Crippen molar-refractivity contribution in [2.75, 3.05) is 7.11 Å². The lowest BCUT2D eigenvalue weighted by Gasteiger charge is -2.21. The molecule has 1 aliphatic carbocycles. The number of ketones is 2. The monoisotopic (exact) mass is 441 g/mol. The van der Waals surface area contributed by atoms with Gasteiger partial charge in [-0.15, -0.1) is 0 Å². The number of ether oxygens (including phenoxy) is 1. The van der Waals surface area contributed by atoms with Crippen molar-refractivity contribution >= 4 is 17.5 Å². The van der Waals surface area contributed by atoms with E-state index in [0.29, 0.717) is 36.8 Å². The molecule has 2 N–H and O–H groups in total. The molecular weight excluding hydrogens is 406 g/mol. The van der Waals surface area contributed by atoms with Gasteiger partial charge in [0.05, 0.1) is 17.9 Å². The zero-order valence-electron chi connectivity index (χ0n) is 19.7. The maximum Gasteiger partial charge on any atom is 0.251 e. The molecule has 2 rings (SSSR count). The van der Waals surface area contributed by atoms with Crippen molar-refractivity contribution in [3.8, 4) is 0 Å². The van der Waals surface area contributed by atoms with Crippen LogP contribution in [0.15, 0.2) is 58.9 Å². The van der Waals surface area contributed by atoms with Gasteiger partial charge in [0.2, 0.25) is 5.78 Å². The summed E-state index contributed by atoms with van der Waals surface area (Å²) < 4.78 is 5.52. The Morgan fingerprint density at radius 2 is 1.78 bits per heavy atom. The molecule has 0 saturated heterocycles. The predicted molar refractivity (Wildman–Crippen MR) is 125 cm³/mol. The molecule has 2 bridgehead atoms. The molecule has 32 heavy (non-hydrogen) atoms.